The van der Waals surface area contributed by atoms with Gasteiger partial charge in [0.25, 0.3) is 0 Å². The number of rotatable bonds is 4. The van der Waals surface area contributed by atoms with Gasteiger partial charge < -0.3 is 5.32 Å². The molecule has 0 spiro atoms. The third-order valence-electron chi connectivity index (χ3n) is 2.70. The minimum Gasteiger partial charge on any atom is -0.369 e. The summed E-state index contributed by atoms with van der Waals surface area (Å²) >= 11 is 2.28. The van der Waals surface area contributed by atoms with Crippen LogP contribution in [0.2, 0.25) is 0 Å². The second-order valence-corrected chi connectivity index (χ2v) is 5.38. The Morgan fingerprint density at radius 1 is 1.21 bits per heavy atom. The average Bonchev–Trinajstić information content (AvgIpc) is 2.45. The molecule has 0 bridgehead atoms. The van der Waals surface area contributed by atoms with E-state index in [1.54, 1.807) is 0 Å². The van der Waals surface area contributed by atoms with Crippen LogP contribution in [-0.4, -0.2) is 11.5 Å². The van der Waals surface area contributed by atoms with Crippen LogP contribution >= 0.6 is 22.6 Å². The highest BCUT2D eigenvalue weighted by molar-refractivity contribution is 14.1. The van der Waals surface area contributed by atoms with Gasteiger partial charge in [-0.1, -0.05) is 19.1 Å². The predicted molar refractivity (Wildman–Crippen MR) is 85.9 cm³/mol. The van der Waals surface area contributed by atoms with E-state index in [2.05, 4.69) is 58.0 Å². The quantitative estimate of drug-likeness (QED) is 0.834. The summed E-state index contributed by atoms with van der Waals surface area (Å²) in [6.45, 7) is 2.90. The van der Waals surface area contributed by atoms with E-state index in [0.29, 0.717) is 11.4 Å². The normalized spacial score (nSPS) is 9.95. The summed E-state index contributed by atoms with van der Waals surface area (Å²) in [6.07, 6.45) is 1.00. The van der Waals surface area contributed by atoms with Crippen LogP contribution in [0.25, 0.3) is 11.3 Å². The molecule has 1 N–H and O–H groups in total. The fraction of sp³-hybridized carbons (Fsp3) is 0.200. The highest BCUT2D eigenvalue weighted by Crippen LogP contribution is 2.22. The van der Waals surface area contributed by atoms with Gasteiger partial charge in [0.15, 0.2) is 0 Å². The van der Waals surface area contributed by atoms with Gasteiger partial charge in [-0.3, -0.25) is 0 Å². The van der Waals surface area contributed by atoms with Crippen molar-refractivity contribution in [2.75, 3.05) is 11.9 Å². The Morgan fingerprint density at radius 3 is 2.58 bits per heavy atom. The number of aromatic nitrogens is 1. The lowest BCUT2D eigenvalue weighted by Gasteiger charge is -2.08. The van der Waals surface area contributed by atoms with Crippen LogP contribution in [0.4, 0.5) is 5.82 Å². The lowest BCUT2D eigenvalue weighted by atomic mass is 10.1. The van der Waals surface area contributed by atoms with Crippen LogP contribution in [-0.2, 0) is 0 Å². The topological polar surface area (TPSA) is 48.7 Å². The van der Waals surface area contributed by atoms with Crippen molar-refractivity contribution in [2.24, 2.45) is 0 Å². The first-order valence-corrected chi connectivity index (χ1v) is 7.23. The summed E-state index contributed by atoms with van der Waals surface area (Å²) in [5.41, 5.74) is 2.53. The molecule has 0 aliphatic rings. The average molecular weight is 363 g/mol. The zero-order valence-corrected chi connectivity index (χ0v) is 12.8. The maximum absolute atomic E-state index is 9.08. The third kappa shape index (κ3) is 3.44. The van der Waals surface area contributed by atoms with Crippen molar-refractivity contribution in [3.8, 4) is 17.3 Å². The lowest BCUT2D eigenvalue weighted by Crippen LogP contribution is -2.04. The van der Waals surface area contributed by atoms with Gasteiger partial charge in [0.2, 0.25) is 0 Å². The molecule has 0 saturated heterocycles. The number of pyridine rings is 1. The predicted octanol–water partition coefficient (Wildman–Crippen LogP) is 4.05. The maximum atomic E-state index is 9.08. The Hall–Kier alpha value is -1.61. The summed E-state index contributed by atoms with van der Waals surface area (Å²) < 4.78 is 1.19. The van der Waals surface area contributed by atoms with E-state index in [4.69, 9.17) is 5.26 Å². The molecule has 0 atom stereocenters. The minimum atomic E-state index is 0.586. The molecule has 2 aromatic rings. The highest BCUT2D eigenvalue weighted by Gasteiger charge is 2.06. The Bertz CT molecular complexity index is 600. The molecule has 0 aliphatic carbocycles. The van der Waals surface area contributed by atoms with Crippen LogP contribution < -0.4 is 5.32 Å². The number of anilines is 1. The molecule has 4 heteroatoms. The van der Waals surface area contributed by atoms with E-state index in [1.165, 1.54) is 3.57 Å². The molecule has 0 fully saturated rings. The van der Waals surface area contributed by atoms with Crippen molar-refractivity contribution >= 4 is 28.4 Å². The number of hydrogen-bond donors (Lipinski definition) is 1. The molecule has 0 aliphatic heterocycles. The van der Waals surface area contributed by atoms with Crippen LogP contribution in [0.3, 0.4) is 0 Å². The summed E-state index contributed by atoms with van der Waals surface area (Å²) in [7, 11) is 0. The van der Waals surface area contributed by atoms with Crippen LogP contribution in [0.15, 0.2) is 36.4 Å². The molecule has 1 aromatic heterocycles. The van der Waals surface area contributed by atoms with Gasteiger partial charge >= 0.3 is 0 Å². The molecule has 2 rings (SSSR count). The molecular weight excluding hydrogens is 349 g/mol. The molecule has 96 valence electrons. The fourth-order valence-electron chi connectivity index (χ4n) is 1.71. The molecule has 1 heterocycles. The highest BCUT2D eigenvalue weighted by atomic mass is 127. The van der Waals surface area contributed by atoms with E-state index in [1.807, 2.05) is 24.3 Å². The van der Waals surface area contributed by atoms with Gasteiger partial charge in [0.1, 0.15) is 11.9 Å². The minimum absolute atomic E-state index is 0.586. The van der Waals surface area contributed by atoms with Crippen molar-refractivity contribution in [3.63, 3.8) is 0 Å². The van der Waals surface area contributed by atoms with Gasteiger partial charge in [-0.2, -0.15) is 5.26 Å². The first-order valence-electron chi connectivity index (χ1n) is 6.15. The van der Waals surface area contributed by atoms with Crippen molar-refractivity contribution in [2.45, 2.75) is 13.3 Å². The largest absolute Gasteiger partial charge is 0.369 e. The monoisotopic (exact) mass is 363 g/mol. The van der Waals surface area contributed by atoms with Crippen LogP contribution in [0.5, 0.6) is 0 Å². The van der Waals surface area contributed by atoms with Gasteiger partial charge in [-0.05, 0) is 53.3 Å². The number of nitrogens with zero attached hydrogens (tertiary/aromatic N) is 2. The number of halogens is 1. The second-order valence-electron chi connectivity index (χ2n) is 4.14. The maximum Gasteiger partial charge on any atom is 0.144 e. The number of hydrogen-bond acceptors (Lipinski definition) is 3. The Morgan fingerprint density at radius 2 is 1.95 bits per heavy atom. The molecule has 0 amide bonds. The summed E-state index contributed by atoms with van der Waals surface area (Å²) in [6, 6.07) is 14.1. The number of benzene rings is 1. The van der Waals surface area contributed by atoms with Crippen molar-refractivity contribution in [1.29, 1.82) is 5.26 Å². The zero-order chi connectivity index (χ0) is 13.7. The molecule has 19 heavy (non-hydrogen) atoms. The fourth-order valence-corrected chi connectivity index (χ4v) is 2.07. The van der Waals surface area contributed by atoms with Crippen molar-refractivity contribution in [3.05, 3.63) is 45.5 Å². The van der Waals surface area contributed by atoms with Gasteiger partial charge in [-0.25, -0.2) is 4.98 Å². The standard InChI is InChI=1S/C15H14IN3/c1-2-9-18-15-12(10-17)5-8-14(19-15)11-3-6-13(16)7-4-11/h3-8H,2,9H2,1H3,(H,18,19). The molecular formula is C15H14IN3. The van der Waals surface area contributed by atoms with E-state index in [9.17, 15) is 0 Å². The van der Waals surface area contributed by atoms with Crippen molar-refractivity contribution < 1.29 is 0 Å². The van der Waals surface area contributed by atoms with Gasteiger partial charge in [-0.15, -0.1) is 0 Å². The Kier molecular flexibility index (Phi) is 4.74. The number of nitrogens with one attached hydrogen (secondary N) is 1. The van der Waals surface area contributed by atoms with Crippen molar-refractivity contribution in [1.82, 2.24) is 4.98 Å². The van der Waals surface area contributed by atoms with E-state index in [0.717, 1.165) is 24.2 Å². The summed E-state index contributed by atoms with van der Waals surface area (Å²) in [4.78, 5) is 4.54. The first kappa shape index (κ1) is 13.8. The second kappa shape index (κ2) is 6.53. The van der Waals surface area contributed by atoms with Gasteiger partial charge in [0.05, 0.1) is 11.3 Å². The zero-order valence-electron chi connectivity index (χ0n) is 10.7. The molecule has 0 radical (unpaired) electrons. The molecule has 1 aromatic carbocycles. The Labute approximate surface area is 126 Å². The molecule has 0 unspecified atom stereocenters. The van der Waals surface area contributed by atoms with E-state index >= 15 is 0 Å². The SMILES string of the molecule is CCCNc1nc(-c2ccc(I)cc2)ccc1C#N. The van der Waals surface area contributed by atoms with Crippen LogP contribution in [0, 0.1) is 14.9 Å². The van der Waals surface area contributed by atoms with E-state index in [-0.39, 0.29) is 0 Å². The first-order chi connectivity index (χ1) is 9.24. The number of nitriles is 1. The third-order valence-corrected chi connectivity index (χ3v) is 3.42. The lowest BCUT2D eigenvalue weighted by molar-refractivity contribution is 0.968. The summed E-state index contributed by atoms with van der Waals surface area (Å²) in [5.74, 6) is 0.667. The summed E-state index contributed by atoms with van der Waals surface area (Å²) in [5, 5.41) is 12.3. The van der Waals surface area contributed by atoms with E-state index < -0.39 is 0 Å². The molecule has 0 saturated carbocycles. The molecule has 3 nitrogen and oxygen atoms in total. The Balaban J connectivity index is 2.37. The smallest absolute Gasteiger partial charge is 0.144 e. The van der Waals surface area contributed by atoms with Crippen LogP contribution in [0.1, 0.15) is 18.9 Å². The van der Waals surface area contributed by atoms with Gasteiger partial charge in [0, 0.05) is 15.7 Å².